The molecule has 2 heterocycles. The van der Waals surface area contributed by atoms with Crippen LogP contribution in [0.25, 0.3) is 5.65 Å². The molecule has 0 saturated carbocycles. The minimum Gasteiger partial charge on any atom is -0.480 e. The number of ether oxygens (including phenoxy) is 1. The van der Waals surface area contributed by atoms with Gasteiger partial charge in [-0.05, 0) is 15.9 Å². The number of rotatable bonds is 2. The second-order valence-corrected chi connectivity index (χ2v) is 3.47. The van der Waals surface area contributed by atoms with E-state index in [9.17, 15) is 4.79 Å². The number of aromatic nitrogens is 3. The number of carboxylic acids is 1. The molecule has 0 aliphatic heterocycles. The number of imidazole rings is 1. The van der Waals surface area contributed by atoms with Crippen molar-refractivity contribution < 1.29 is 14.6 Å². The SMILES string of the molecule is COc1cn2c(Br)c(C(=O)O)nc2cn1. The van der Waals surface area contributed by atoms with E-state index in [2.05, 4.69) is 25.9 Å². The number of hydrogen-bond donors (Lipinski definition) is 1. The lowest BCUT2D eigenvalue weighted by Gasteiger charge is -1.99. The van der Waals surface area contributed by atoms with Crippen molar-refractivity contribution in [3.63, 3.8) is 0 Å². The molecule has 6 nitrogen and oxygen atoms in total. The van der Waals surface area contributed by atoms with Crippen LogP contribution in [0.1, 0.15) is 10.5 Å². The first-order chi connectivity index (χ1) is 7.13. The molecule has 0 aliphatic rings. The highest BCUT2D eigenvalue weighted by molar-refractivity contribution is 9.10. The number of aromatic carboxylic acids is 1. The molecule has 2 rings (SSSR count). The maximum absolute atomic E-state index is 10.8. The molecule has 1 N–H and O–H groups in total. The van der Waals surface area contributed by atoms with Gasteiger partial charge in [-0.15, -0.1) is 0 Å². The summed E-state index contributed by atoms with van der Waals surface area (Å²) in [5, 5.41) is 8.84. The smallest absolute Gasteiger partial charge is 0.357 e. The van der Waals surface area contributed by atoms with E-state index in [1.807, 2.05) is 0 Å². The van der Waals surface area contributed by atoms with Crippen molar-refractivity contribution in [2.45, 2.75) is 0 Å². The normalized spacial score (nSPS) is 10.5. The summed E-state index contributed by atoms with van der Waals surface area (Å²) in [7, 11) is 1.48. The van der Waals surface area contributed by atoms with Crippen LogP contribution >= 0.6 is 15.9 Å². The predicted molar refractivity (Wildman–Crippen MR) is 54.2 cm³/mol. The van der Waals surface area contributed by atoms with E-state index in [0.29, 0.717) is 16.1 Å². The highest BCUT2D eigenvalue weighted by Gasteiger charge is 2.16. The number of hydrogen-bond acceptors (Lipinski definition) is 4. The summed E-state index contributed by atoms with van der Waals surface area (Å²) in [6.45, 7) is 0. The molecule has 2 aromatic rings. The lowest BCUT2D eigenvalue weighted by Crippen LogP contribution is -1.97. The first-order valence-corrected chi connectivity index (χ1v) is 4.73. The summed E-state index contributed by atoms with van der Waals surface area (Å²) >= 11 is 3.15. The zero-order chi connectivity index (χ0) is 11.0. The molecule has 0 amide bonds. The molecule has 0 spiro atoms. The maximum atomic E-state index is 10.8. The Morgan fingerprint density at radius 2 is 2.40 bits per heavy atom. The van der Waals surface area contributed by atoms with Crippen LogP contribution in [0.4, 0.5) is 0 Å². The maximum Gasteiger partial charge on any atom is 0.357 e. The minimum absolute atomic E-state index is 0.0509. The highest BCUT2D eigenvalue weighted by Crippen LogP contribution is 2.20. The molecule has 0 atom stereocenters. The summed E-state index contributed by atoms with van der Waals surface area (Å²) in [6.07, 6.45) is 2.99. The van der Waals surface area contributed by atoms with E-state index in [1.165, 1.54) is 13.3 Å². The van der Waals surface area contributed by atoms with Gasteiger partial charge < -0.3 is 9.84 Å². The Balaban J connectivity index is 2.72. The van der Waals surface area contributed by atoms with Crippen molar-refractivity contribution in [2.75, 3.05) is 7.11 Å². The molecule has 0 radical (unpaired) electrons. The van der Waals surface area contributed by atoms with Gasteiger partial charge in [-0.1, -0.05) is 0 Å². The molecule has 0 aliphatic carbocycles. The third-order valence-corrected chi connectivity index (χ3v) is 2.60. The van der Waals surface area contributed by atoms with E-state index < -0.39 is 5.97 Å². The molecule has 7 heteroatoms. The number of nitrogens with zero attached hydrogens (tertiary/aromatic N) is 3. The van der Waals surface area contributed by atoms with Gasteiger partial charge >= 0.3 is 5.97 Å². The van der Waals surface area contributed by atoms with Crippen LogP contribution in [0.3, 0.4) is 0 Å². The first-order valence-electron chi connectivity index (χ1n) is 3.94. The summed E-state index contributed by atoms with van der Waals surface area (Å²) < 4.78 is 6.84. The average Bonchev–Trinajstić information content (AvgIpc) is 2.56. The van der Waals surface area contributed by atoms with Crippen molar-refractivity contribution in [2.24, 2.45) is 0 Å². The Kier molecular flexibility index (Phi) is 2.31. The summed E-state index contributed by atoms with van der Waals surface area (Å²) in [5.41, 5.74) is 0.394. The van der Waals surface area contributed by atoms with Gasteiger partial charge in [0.2, 0.25) is 5.88 Å². The number of fused-ring (bicyclic) bond motifs is 1. The van der Waals surface area contributed by atoms with Gasteiger partial charge in [0.1, 0.15) is 4.60 Å². The molecule has 78 valence electrons. The Morgan fingerprint density at radius 3 is 3.00 bits per heavy atom. The Morgan fingerprint density at radius 1 is 1.67 bits per heavy atom. The standard InChI is InChI=1S/C8H6BrN3O3/c1-15-5-3-12-4(2-10-5)11-6(7(12)9)8(13)14/h2-3H,1H3,(H,13,14). The fourth-order valence-electron chi connectivity index (χ4n) is 1.15. The van der Waals surface area contributed by atoms with Gasteiger partial charge in [0, 0.05) is 0 Å². The van der Waals surface area contributed by atoms with E-state index in [0.717, 1.165) is 0 Å². The molecule has 0 aromatic carbocycles. The predicted octanol–water partition coefficient (Wildman–Crippen LogP) is 1.20. The molecule has 0 bridgehead atoms. The van der Waals surface area contributed by atoms with Crippen LogP contribution < -0.4 is 4.74 Å². The fourth-order valence-corrected chi connectivity index (χ4v) is 1.69. The minimum atomic E-state index is -1.09. The van der Waals surface area contributed by atoms with Crippen molar-refractivity contribution >= 4 is 27.5 Å². The van der Waals surface area contributed by atoms with E-state index in [4.69, 9.17) is 9.84 Å². The number of carboxylic acid groups (broad SMARTS) is 1. The lowest BCUT2D eigenvalue weighted by atomic mass is 10.5. The third kappa shape index (κ3) is 1.54. The topological polar surface area (TPSA) is 76.7 Å². The van der Waals surface area contributed by atoms with Crippen LogP contribution in [-0.4, -0.2) is 32.6 Å². The summed E-state index contributed by atoms with van der Waals surface area (Å²) in [6, 6.07) is 0. The van der Waals surface area contributed by atoms with Crippen LogP contribution in [0.15, 0.2) is 17.0 Å². The monoisotopic (exact) mass is 271 g/mol. The number of halogens is 1. The van der Waals surface area contributed by atoms with Gasteiger partial charge in [-0.2, -0.15) is 0 Å². The van der Waals surface area contributed by atoms with Crippen LogP contribution in [-0.2, 0) is 0 Å². The highest BCUT2D eigenvalue weighted by atomic mass is 79.9. The molecule has 15 heavy (non-hydrogen) atoms. The van der Waals surface area contributed by atoms with Crippen LogP contribution in [0, 0.1) is 0 Å². The number of carbonyl (C=O) groups is 1. The summed E-state index contributed by atoms with van der Waals surface area (Å²) in [5.74, 6) is -0.706. The fraction of sp³-hybridized carbons (Fsp3) is 0.125. The van der Waals surface area contributed by atoms with Gasteiger partial charge in [0.15, 0.2) is 11.3 Å². The van der Waals surface area contributed by atoms with Crippen LogP contribution in [0.5, 0.6) is 5.88 Å². The molecule has 0 fully saturated rings. The Hall–Kier alpha value is -1.63. The first kappa shape index (κ1) is 9.91. The largest absolute Gasteiger partial charge is 0.480 e. The zero-order valence-corrected chi connectivity index (χ0v) is 9.22. The second kappa shape index (κ2) is 3.50. The average molecular weight is 272 g/mol. The summed E-state index contributed by atoms with van der Waals surface area (Å²) in [4.78, 5) is 18.6. The van der Waals surface area contributed by atoms with Gasteiger partial charge in [0.05, 0.1) is 19.5 Å². The van der Waals surface area contributed by atoms with E-state index in [1.54, 1.807) is 10.6 Å². The molecule has 2 aromatic heterocycles. The van der Waals surface area contributed by atoms with Crippen LogP contribution in [0.2, 0.25) is 0 Å². The quantitative estimate of drug-likeness (QED) is 0.888. The van der Waals surface area contributed by atoms with Crippen molar-refractivity contribution in [3.8, 4) is 5.88 Å². The van der Waals surface area contributed by atoms with Gasteiger partial charge in [-0.25, -0.2) is 14.8 Å². The Labute approximate surface area is 92.7 Å². The second-order valence-electron chi connectivity index (χ2n) is 2.71. The van der Waals surface area contributed by atoms with E-state index in [-0.39, 0.29) is 5.69 Å². The van der Waals surface area contributed by atoms with E-state index >= 15 is 0 Å². The van der Waals surface area contributed by atoms with Crippen molar-refractivity contribution in [3.05, 3.63) is 22.7 Å². The molecule has 0 unspecified atom stereocenters. The van der Waals surface area contributed by atoms with Crippen molar-refractivity contribution in [1.82, 2.24) is 14.4 Å². The molecular weight excluding hydrogens is 266 g/mol. The van der Waals surface area contributed by atoms with Gasteiger partial charge in [-0.3, -0.25) is 4.40 Å². The third-order valence-electron chi connectivity index (χ3n) is 1.84. The molecule has 0 saturated heterocycles. The molecular formula is C8H6BrN3O3. The lowest BCUT2D eigenvalue weighted by molar-refractivity contribution is 0.0690. The van der Waals surface area contributed by atoms with Gasteiger partial charge in [0.25, 0.3) is 0 Å². The van der Waals surface area contributed by atoms with Crippen molar-refractivity contribution in [1.29, 1.82) is 0 Å². The number of methoxy groups -OCH3 is 1. The zero-order valence-electron chi connectivity index (χ0n) is 7.64. The Bertz CT molecular complexity index is 537.